The number of ether oxygens (including phenoxy) is 1. The summed E-state index contributed by atoms with van der Waals surface area (Å²) in [6.45, 7) is 5.47. The van der Waals surface area contributed by atoms with Gasteiger partial charge in [-0.05, 0) is 17.7 Å². The van der Waals surface area contributed by atoms with Crippen LogP contribution in [0.2, 0.25) is 5.02 Å². The Morgan fingerprint density at radius 3 is 2.76 bits per heavy atom. The topological polar surface area (TPSA) is 59.6 Å². The Hall–Kier alpha value is -2.20. The fraction of sp³-hybridized carbons (Fsp3) is 0.350. The minimum atomic E-state index is -0.196. The molecule has 1 heterocycles. The van der Waals surface area contributed by atoms with Crippen molar-refractivity contribution in [1.29, 1.82) is 0 Å². The number of nitrogens with two attached hydrogens (primary N) is 1. The van der Waals surface area contributed by atoms with Gasteiger partial charge in [-0.3, -0.25) is 4.99 Å². The Kier molecular flexibility index (Phi) is 5.19. The van der Waals surface area contributed by atoms with Crippen molar-refractivity contribution >= 4 is 17.6 Å². The number of hydrogen-bond donors (Lipinski definition) is 2. The molecule has 0 radical (unpaired) electrons. The van der Waals surface area contributed by atoms with Crippen LogP contribution in [0.1, 0.15) is 37.4 Å². The van der Waals surface area contributed by atoms with Gasteiger partial charge in [0.1, 0.15) is 5.75 Å². The van der Waals surface area contributed by atoms with E-state index >= 15 is 0 Å². The van der Waals surface area contributed by atoms with E-state index < -0.39 is 0 Å². The number of fused-ring (bicyclic) bond motifs is 1. The summed E-state index contributed by atoms with van der Waals surface area (Å²) >= 11 is 6.33. The van der Waals surface area contributed by atoms with Crippen molar-refractivity contribution in [3.8, 4) is 5.75 Å². The van der Waals surface area contributed by atoms with E-state index in [0.717, 1.165) is 28.3 Å². The van der Waals surface area contributed by atoms with Gasteiger partial charge in [-0.2, -0.15) is 0 Å². The van der Waals surface area contributed by atoms with E-state index in [1.165, 1.54) is 0 Å². The Morgan fingerprint density at radius 1 is 1.24 bits per heavy atom. The van der Waals surface area contributed by atoms with Crippen molar-refractivity contribution < 1.29 is 4.74 Å². The Bertz CT molecular complexity index is 773. The van der Waals surface area contributed by atoms with Crippen LogP contribution in [0, 0.1) is 0 Å². The molecule has 0 saturated carbocycles. The molecular weight excluding hydrogens is 334 g/mol. The van der Waals surface area contributed by atoms with Gasteiger partial charge in [0.25, 0.3) is 0 Å². The second-order valence-electron chi connectivity index (χ2n) is 6.94. The third-order valence-corrected chi connectivity index (χ3v) is 4.86. The van der Waals surface area contributed by atoms with Crippen LogP contribution in [0.25, 0.3) is 0 Å². The Balaban J connectivity index is 1.70. The summed E-state index contributed by atoms with van der Waals surface area (Å²) < 4.78 is 5.69. The fourth-order valence-electron chi connectivity index (χ4n) is 3.09. The number of para-hydroxylation sites is 1. The second-order valence-corrected chi connectivity index (χ2v) is 7.34. The van der Waals surface area contributed by atoms with E-state index in [4.69, 9.17) is 22.1 Å². The predicted octanol–water partition coefficient (Wildman–Crippen LogP) is 4.05. The average Bonchev–Trinajstić information content (AvgIpc) is 2.61. The molecule has 3 rings (SSSR count). The monoisotopic (exact) mass is 357 g/mol. The second kappa shape index (κ2) is 7.36. The van der Waals surface area contributed by atoms with Crippen LogP contribution in [-0.2, 0) is 5.41 Å². The van der Waals surface area contributed by atoms with E-state index in [-0.39, 0.29) is 11.5 Å². The highest BCUT2D eigenvalue weighted by Crippen LogP contribution is 2.32. The number of nitrogens with zero attached hydrogens (tertiary/aromatic N) is 1. The third kappa shape index (κ3) is 4.07. The van der Waals surface area contributed by atoms with Gasteiger partial charge in [-0.1, -0.05) is 61.8 Å². The molecule has 2 aromatic rings. The average molecular weight is 358 g/mol. The smallest absolute Gasteiger partial charge is 0.189 e. The van der Waals surface area contributed by atoms with Gasteiger partial charge in [0.15, 0.2) is 5.96 Å². The molecule has 3 N–H and O–H groups in total. The molecule has 0 saturated heterocycles. The van der Waals surface area contributed by atoms with Crippen LogP contribution in [0.15, 0.2) is 53.5 Å². The number of aliphatic imine (C=N–C) groups is 1. The summed E-state index contributed by atoms with van der Waals surface area (Å²) in [5.74, 6) is 1.36. The summed E-state index contributed by atoms with van der Waals surface area (Å²) in [6, 6.07) is 16.0. The number of guanidine groups is 1. The maximum Gasteiger partial charge on any atom is 0.189 e. The van der Waals surface area contributed by atoms with Gasteiger partial charge in [0.05, 0.1) is 19.2 Å². The minimum absolute atomic E-state index is 0.122. The highest BCUT2D eigenvalue weighted by molar-refractivity contribution is 6.31. The fourth-order valence-corrected chi connectivity index (χ4v) is 3.49. The SMILES string of the molecule is CC(C)(CN=C(N)NC1CCOc2ccccc21)c1ccccc1Cl. The highest BCUT2D eigenvalue weighted by Gasteiger charge is 2.24. The normalized spacial score (nSPS) is 17.6. The third-order valence-electron chi connectivity index (χ3n) is 4.53. The van der Waals surface area contributed by atoms with Crippen molar-refractivity contribution in [2.75, 3.05) is 13.2 Å². The first-order chi connectivity index (χ1) is 12.0. The van der Waals surface area contributed by atoms with Crippen LogP contribution in [0.4, 0.5) is 0 Å². The van der Waals surface area contributed by atoms with Crippen molar-refractivity contribution in [1.82, 2.24) is 5.32 Å². The lowest BCUT2D eigenvalue weighted by molar-refractivity contribution is 0.262. The zero-order chi connectivity index (χ0) is 17.9. The number of hydrogen-bond acceptors (Lipinski definition) is 2. The number of halogens is 1. The van der Waals surface area contributed by atoms with Crippen molar-refractivity contribution in [3.63, 3.8) is 0 Å². The van der Waals surface area contributed by atoms with Gasteiger partial charge in [0, 0.05) is 22.4 Å². The first kappa shape index (κ1) is 17.6. The zero-order valence-electron chi connectivity index (χ0n) is 14.6. The van der Waals surface area contributed by atoms with Gasteiger partial charge in [0.2, 0.25) is 0 Å². The first-order valence-corrected chi connectivity index (χ1v) is 8.88. The number of nitrogens with one attached hydrogen (secondary N) is 1. The molecule has 132 valence electrons. The molecule has 2 aromatic carbocycles. The maximum atomic E-state index is 6.33. The van der Waals surface area contributed by atoms with Crippen LogP contribution in [0.3, 0.4) is 0 Å². The summed E-state index contributed by atoms with van der Waals surface area (Å²) in [4.78, 5) is 4.56. The molecule has 0 spiro atoms. The molecule has 1 atom stereocenters. The van der Waals surface area contributed by atoms with Crippen molar-refractivity contribution in [3.05, 3.63) is 64.7 Å². The molecule has 0 bridgehead atoms. The molecule has 0 fully saturated rings. The summed E-state index contributed by atoms with van der Waals surface area (Å²) in [6.07, 6.45) is 0.862. The predicted molar refractivity (Wildman–Crippen MR) is 103 cm³/mol. The lowest BCUT2D eigenvalue weighted by Crippen LogP contribution is -2.38. The molecule has 1 aliphatic heterocycles. The van der Waals surface area contributed by atoms with Crippen molar-refractivity contribution in [2.45, 2.75) is 31.7 Å². The maximum absolute atomic E-state index is 6.33. The standard InChI is InChI=1S/C20H24ClN3O/c1-20(2,15-8-4-5-9-16(15)21)13-23-19(22)24-17-11-12-25-18-10-6-3-7-14(17)18/h3-10,17H,11-13H2,1-2H3,(H3,22,23,24). The highest BCUT2D eigenvalue weighted by atomic mass is 35.5. The minimum Gasteiger partial charge on any atom is -0.493 e. The van der Waals surface area contributed by atoms with E-state index in [2.05, 4.69) is 30.2 Å². The lowest BCUT2D eigenvalue weighted by Gasteiger charge is -2.28. The van der Waals surface area contributed by atoms with Gasteiger partial charge in [-0.15, -0.1) is 0 Å². The van der Waals surface area contributed by atoms with E-state index in [1.54, 1.807) is 0 Å². The molecule has 1 aliphatic rings. The molecule has 5 heteroatoms. The quantitative estimate of drug-likeness (QED) is 0.641. The number of benzene rings is 2. The van der Waals surface area contributed by atoms with Gasteiger partial charge in [-0.25, -0.2) is 0 Å². The molecule has 25 heavy (non-hydrogen) atoms. The first-order valence-electron chi connectivity index (χ1n) is 8.50. The van der Waals surface area contributed by atoms with Crippen LogP contribution < -0.4 is 15.8 Å². The van der Waals surface area contributed by atoms with E-state index in [9.17, 15) is 0 Å². The van der Waals surface area contributed by atoms with Crippen LogP contribution in [0.5, 0.6) is 5.75 Å². The summed E-state index contributed by atoms with van der Waals surface area (Å²) in [7, 11) is 0. The molecule has 0 aliphatic carbocycles. The number of rotatable bonds is 4. The molecular formula is C20H24ClN3O. The lowest BCUT2D eigenvalue weighted by atomic mass is 9.85. The van der Waals surface area contributed by atoms with E-state index in [1.807, 2.05) is 42.5 Å². The summed E-state index contributed by atoms with van der Waals surface area (Å²) in [5, 5.41) is 4.09. The van der Waals surface area contributed by atoms with Gasteiger partial charge < -0.3 is 15.8 Å². The van der Waals surface area contributed by atoms with Crippen molar-refractivity contribution in [2.24, 2.45) is 10.7 Å². The molecule has 1 unspecified atom stereocenters. The Labute approximate surface area is 154 Å². The Morgan fingerprint density at radius 2 is 1.96 bits per heavy atom. The molecule has 0 amide bonds. The van der Waals surface area contributed by atoms with E-state index in [0.29, 0.717) is 19.1 Å². The summed E-state index contributed by atoms with van der Waals surface area (Å²) in [5.41, 5.74) is 8.15. The largest absolute Gasteiger partial charge is 0.493 e. The van der Waals surface area contributed by atoms with Crippen LogP contribution >= 0.6 is 11.6 Å². The molecule has 0 aromatic heterocycles. The molecule has 4 nitrogen and oxygen atoms in total. The van der Waals surface area contributed by atoms with Gasteiger partial charge >= 0.3 is 0 Å². The van der Waals surface area contributed by atoms with Crippen LogP contribution in [-0.4, -0.2) is 19.1 Å². The zero-order valence-corrected chi connectivity index (χ0v) is 15.4.